The van der Waals surface area contributed by atoms with Crippen molar-refractivity contribution in [2.24, 2.45) is 11.8 Å². The maximum absolute atomic E-state index is 13.3. The molecule has 1 aliphatic rings. The SMILES string of the molecule is Cc1cc(C)c(C2=C(O)CC(C(C)CSc3cccc(F)c3)CC2=O)c(C)c1. The predicted octanol–water partition coefficient (Wildman–Crippen LogP) is 6.43. The Kier molecular flexibility index (Phi) is 6.29. The standard InChI is InChI=1S/C24H27FO2S/c1-14-8-15(2)23(16(3)9-14)24-21(26)10-18(11-22(24)27)17(4)13-28-20-7-5-6-19(25)12-20/h5-9,12,17-18,26H,10-11,13H2,1-4H3. The number of halogens is 1. The second kappa shape index (κ2) is 8.52. The van der Waals surface area contributed by atoms with Crippen LogP contribution in [-0.2, 0) is 4.79 Å². The van der Waals surface area contributed by atoms with Gasteiger partial charge in [-0.05, 0) is 67.5 Å². The summed E-state index contributed by atoms with van der Waals surface area (Å²) in [4.78, 5) is 13.8. The van der Waals surface area contributed by atoms with Gasteiger partial charge in [0.25, 0.3) is 0 Å². The van der Waals surface area contributed by atoms with Gasteiger partial charge in [-0.2, -0.15) is 0 Å². The molecule has 0 amide bonds. The zero-order valence-electron chi connectivity index (χ0n) is 16.9. The number of carbonyl (C=O) groups is 1. The monoisotopic (exact) mass is 398 g/mol. The third-order valence-electron chi connectivity index (χ3n) is 5.51. The van der Waals surface area contributed by atoms with Crippen molar-refractivity contribution in [2.45, 2.75) is 45.4 Å². The van der Waals surface area contributed by atoms with Crippen LogP contribution < -0.4 is 0 Å². The molecule has 0 bridgehead atoms. The third-order valence-corrected chi connectivity index (χ3v) is 6.79. The summed E-state index contributed by atoms with van der Waals surface area (Å²) in [7, 11) is 0. The summed E-state index contributed by atoms with van der Waals surface area (Å²) in [6.07, 6.45) is 0.954. The van der Waals surface area contributed by atoms with Crippen LogP contribution in [0.4, 0.5) is 4.39 Å². The number of rotatable bonds is 5. The Hall–Kier alpha value is -2.07. The van der Waals surface area contributed by atoms with Gasteiger partial charge in [0.1, 0.15) is 11.6 Å². The number of allylic oxidation sites excluding steroid dienone is 2. The van der Waals surface area contributed by atoms with Gasteiger partial charge in [-0.25, -0.2) is 4.39 Å². The second-order valence-electron chi connectivity index (χ2n) is 7.93. The van der Waals surface area contributed by atoms with Gasteiger partial charge in [0.15, 0.2) is 5.78 Å². The van der Waals surface area contributed by atoms with Crippen molar-refractivity contribution in [3.63, 3.8) is 0 Å². The third kappa shape index (κ3) is 4.49. The van der Waals surface area contributed by atoms with E-state index in [1.807, 2.05) is 26.8 Å². The summed E-state index contributed by atoms with van der Waals surface area (Å²) in [5.74, 6) is 1.11. The van der Waals surface area contributed by atoms with E-state index in [4.69, 9.17) is 0 Å². The van der Waals surface area contributed by atoms with E-state index in [0.717, 1.165) is 32.9 Å². The average Bonchev–Trinajstić information content (AvgIpc) is 2.61. The lowest BCUT2D eigenvalue weighted by molar-refractivity contribution is -0.115. The normalized spacial score (nSPS) is 18.5. The van der Waals surface area contributed by atoms with Gasteiger partial charge in [-0.15, -0.1) is 11.8 Å². The van der Waals surface area contributed by atoms with Gasteiger partial charge < -0.3 is 5.11 Å². The molecule has 148 valence electrons. The highest BCUT2D eigenvalue weighted by molar-refractivity contribution is 7.99. The summed E-state index contributed by atoms with van der Waals surface area (Å²) < 4.78 is 13.3. The van der Waals surface area contributed by atoms with Crippen LogP contribution in [0, 0.1) is 38.4 Å². The zero-order valence-corrected chi connectivity index (χ0v) is 17.7. The number of Topliss-reactive ketones (excluding diaryl/α,β-unsaturated/α-hetero) is 1. The Labute approximate surface area is 170 Å². The summed E-state index contributed by atoms with van der Waals surface area (Å²) in [6.45, 7) is 8.13. The Morgan fingerprint density at radius 3 is 2.43 bits per heavy atom. The molecular weight excluding hydrogens is 371 g/mol. The van der Waals surface area contributed by atoms with Crippen molar-refractivity contribution < 1.29 is 14.3 Å². The Morgan fingerprint density at radius 1 is 1.14 bits per heavy atom. The number of carbonyl (C=O) groups excluding carboxylic acids is 1. The number of hydrogen-bond acceptors (Lipinski definition) is 3. The van der Waals surface area contributed by atoms with Crippen LogP contribution in [-0.4, -0.2) is 16.6 Å². The van der Waals surface area contributed by atoms with E-state index in [1.54, 1.807) is 17.8 Å². The van der Waals surface area contributed by atoms with Crippen molar-refractivity contribution in [1.82, 2.24) is 0 Å². The summed E-state index contributed by atoms with van der Waals surface area (Å²) in [6, 6.07) is 10.7. The number of aryl methyl sites for hydroxylation is 3. The van der Waals surface area contributed by atoms with Gasteiger partial charge in [0.2, 0.25) is 0 Å². The fourth-order valence-electron chi connectivity index (χ4n) is 4.10. The fraction of sp³-hybridized carbons (Fsp3) is 0.375. The number of aliphatic hydroxyl groups is 1. The van der Waals surface area contributed by atoms with E-state index in [1.165, 1.54) is 12.1 Å². The largest absolute Gasteiger partial charge is 0.512 e. The topological polar surface area (TPSA) is 37.3 Å². The van der Waals surface area contributed by atoms with E-state index in [9.17, 15) is 14.3 Å². The number of aliphatic hydroxyl groups excluding tert-OH is 1. The molecule has 2 aromatic rings. The maximum Gasteiger partial charge on any atom is 0.167 e. The first kappa shape index (κ1) is 20.7. The molecule has 28 heavy (non-hydrogen) atoms. The van der Waals surface area contributed by atoms with Gasteiger partial charge in [0, 0.05) is 23.5 Å². The molecule has 0 aromatic heterocycles. The van der Waals surface area contributed by atoms with Crippen LogP contribution in [0.2, 0.25) is 0 Å². The minimum absolute atomic E-state index is 0.0198. The molecule has 1 N–H and O–H groups in total. The van der Waals surface area contributed by atoms with E-state index in [-0.39, 0.29) is 29.2 Å². The van der Waals surface area contributed by atoms with Gasteiger partial charge >= 0.3 is 0 Å². The first-order chi connectivity index (χ1) is 13.3. The predicted molar refractivity (Wildman–Crippen MR) is 114 cm³/mol. The van der Waals surface area contributed by atoms with Gasteiger partial charge in [-0.1, -0.05) is 30.7 Å². The van der Waals surface area contributed by atoms with Crippen LogP contribution in [0.15, 0.2) is 47.1 Å². The van der Waals surface area contributed by atoms with Crippen molar-refractivity contribution >= 4 is 23.1 Å². The van der Waals surface area contributed by atoms with E-state index >= 15 is 0 Å². The molecule has 4 heteroatoms. The highest BCUT2D eigenvalue weighted by atomic mass is 32.2. The molecule has 0 heterocycles. The molecule has 2 atom stereocenters. The van der Waals surface area contributed by atoms with E-state index < -0.39 is 0 Å². The molecule has 0 aliphatic heterocycles. The molecular formula is C24H27FO2S. The highest BCUT2D eigenvalue weighted by Gasteiger charge is 2.32. The maximum atomic E-state index is 13.3. The van der Waals surface area contributed by atoms with Crippen molar-refractivity contribution in [3.8, 4) is 0 Å². The lowest BCUT2D eigenvalue weighted by Crippen LogP contribution is -2.25. The van der Waals surface area contributed by atoms with Gasteiger partial charge in [-0.3, -0.25) is 4.79 Å². The quantitative estimate of drug-likeness (QED) is 0.590. The second-order valence-corrected chi connectivity index (χ2v) is 9.03. The highest BCUT2D eigenvalue weighted by Crippen LogP contribution is 2.39. The average molecular weight is 399 g/mol. The Morgan fingerprint density at radius 2 is 1.82 bits per heavy atom. The zero-order chi connectivity index (χ0) is 20.4. The van der Waals surface area contributed by atoms with Gasteiger partial charge in [0.05, 0.1) is 5.57 Å². The van der Waals surface area contributed by atoms with E-state index in [0.29, 0.717) is 18.4 Å². The molecule has 2 aromatic carbocycles. The number of thioether (sulfide) groups is 1. The number of benzene rings is 2. The smallest absolute Gasteiger partial charge is 0.167 e. The molecule has 0 saturated carbocycles. The van der Waals surface area contributed by atoms with Crippen molar-refractivity contribution in [3.05, 3.63) is 70.2 Å². The molecule has 3 rings (SSSR count). The van der Waals surface area contributed by atoms with Crippen LogP contribution in [0.25, 0.3) is 5.57 Å². The molecule has 0 spiro atoms. The minimum Gasteiger partial charge on any atom is -0.512 e. The summed E-state index contributed by atoms with van der Waals surface area (Å²) >= 11 is 1.59. The summed E-state index contributed by atoms with van der Waals surface area (Å²) in [5, 5.41) is 10.8. The summed E-state index contributed by atoms with van der Waals surface area (Å²) in [5.41, 5.74) is 4.59. The number of ketones is 1. The first-order valence-electron chi connectivity index (χ1n) is 9.68. The first-order valence-corrected chi connectivity index (χ1v) is 10.7. The van der Waals surface area contributed by atoms with Crippen molar-refractivity contribution in [2.75, 3.05) is 5.75 Å². The van der Waals surface area contributed by atoms with Crippen molar-refractivity contribution in [1.29, 1.82) is 0 Å². The molecule has 2 nitrogen and oxygen atoms in total. The number of hydrogen-bond donors (Lipinski definition) is 1. The minimum atomic E-state index is -0.237. The van der Waals surface area contributed by atoms with Crippen LogP contribution in [0.5, 0.6) is 0 Å². The molecule has 2 unspecified atom stereocenters. The Balaban J connectivity index is 1.76. The molecule has 0 radical (unpaired) electrons. The van der Waals surface area contributed by atoms with Crippen LogP contribution in [0.3, 0.4) is 0 Å². The molecule has 1 aliphatic carbocycles. The lowest BCUT2D eigenvalue weighted by atomic mass is 9.77. The van der Waals surface area contributed by atoms with E-state index in [2.05, 4.69) is 19.1 Å². The lowest BCUT2D eigenvalue weighted by Gasteiger charge is -2.29. The molecule has 0 saturated heterocycles. The molecule has 0 fully saturated rings. The van der Waals surface area contributed by atoms with Crippen LogP contribution >= 0.6 is 11.8 Å². The van der Waals surface area contributed by atoms with Crippen LogP contribution in [0.1, 0.15) is 42.0 Å². The Bertz CT molecular complexity index is 909. The fourth-order valence-corrected chi connectivity index (χ4v) is 5.20.